The lowest BCUT2D eigenvalue weighted by molar-refractivity contribution is -0.137. The second-order valence-corrected chi connectivity index (χ2v) is 14.6. The van der Waals surface area contributed by atoms with E-state index in [-0.39, 0.29) is 30.6 Å². The normalized spacial score (nSPS) is 15.3. The van der Waals surface area contributed by atoms with Crippen LogP contribution in [-0.4, -0.2) is 76.6 Å². The molecule has 6 amide bonds. The lowest BCUT2D eigenvalue weighted by Crippen LogP contribution is -2.61. The van der Waals surface area contributed by atoms with Gasteiger partial charge in [-0.3, -0.25) is 24.0 Å². The Morgan fingerprint density at radius 2 is 1.29 bits per heavy atom. The summed E-state index contributed by atoms with van der Waals surface area (Å²) in [5.74, 6) is -5.20. The third-order valence-corrected chi connectivity index (χ3v) is 7.57. The molecule has 14 nitrogen and oxygen atoms in total. The zero-order chi connectivity index (χ0) is 37.6. The number of hydrogen-bond acceptors (Lipinski definition) is 8. The molecule has 0 heterocycles. The molecule has 1 aromatic rings. The fourth-order valence-electron chi connectivity index (χ4n) is 4.91. The van der Waals surface area contributed by atoms with E-state index in [9.17, 15) is 33.9 Å². The quantitative estimate of drug-likeness (QED) is 0.113. The molecule has 1 aromatic carbocycles. The number of alkyl carbamates (subject to hydrolysis) is 1. The van der Waals surface area contributed by atoms with Gasteiger partial charge in [0.05, 0.1) is 12.1 Å². The lowest BCUT2D eigenvalue weighted by Gasteiger charge is -2.30. The Kier molecular flexibility index (Phi) is 17.2. The van der Waals surface area contributed by atoms with E-state index < -0.39 is 77.4 Å². The van der Waals surface area contributed by atoms with Crippen LogP contribution < -0.4 is 32.3 Å². The van der Waals surface area contributed by atoms with Gasteiger partial charge in [-0.2, -0.15) is 0 Å². The van der Waals surface area contributed by atoms with Crippen molar-refractivity contribution in [2.45, 2.75) is 124 Å². The van der Waals surface area contributed by atoms with Gasteiger partial charge in [0.25, 0.3) is 5.91 Å². The van der Waals surface area contributed by atoms with Crippen LogP contribution in [0, 0.1) is 23.7 Å². The first-order valence-corrected chi connectivity index (χ1v) is 16.8. The number of carbonyl (C=O) groups is 6. The van der Waals surface area contributed by atoms with E-state index in [1.165, 1.54) is 0 Å². The third-order valence-electron chi connectivity index (χ3n) is 7.57. The standard InChI is InChI=1S/C35H58N6O8/c1-19(2)16-24(38-33(47)28(29(36)43)40-32(46)27(21(5)6)41-34(48)49-35(8,9)10)25(42)17-22(7)30(44)39-26(20(3)4)31(45)37-18-23-14-12-11-13-15-23/h11-15,19-22,24-28,42H,16-18H2,1-10H3,(H2,36,43)(H,37,45)(H,38,47)(H,39,44)(H,40,46)(H,41,48)/t22?,24-,25?,26-,27-,28?/m0/s1. The van der Waals surface area contributed by atoms with Crippen molar-refractivity contribution in [2.24, 2.45) is 29.4 Å². The first-order valence-electron chi connectivity index (χ1n) is 16.8. The average molecular weight is 691 g/mol. The number of hydrogen-bond donors (Lipinski definition) is 7. The molecule has 276 valence electrons. The summed E-state index contributed by atoms with van der Waals surface area (Å²) in [6.45, 7) is 17.6. The number of ether oxygens (including phenoxy) is 1. The van der Waals surface area contributed by atoms with E-state index in [0.29, 0.717) is 6.54 Å². The molecule has 1 rings (SSSR count). The predicted molar refractivity (Wildman–Crippen MR) is 185 cm³/mol. The molecule has 0 bridgehead atoms. The summed E-state index contributed by atoms with van der Waals surface area (Å²) in [6, 6.07) is 4.65. The molecular weight excluding hydrogens is 632 g/mol. The summed E-state index contributed by atoms with van der Waals surface area (Å²) >= 11 is 0. The smallest absolute Gasteiger partial charge is 0.408 e. The number of carbonyl (C=O) groups excluding carboxylic acids is 6. The van der Waals surface area contributed by atoms with E-state index in [1.54, 1.807) is 41.5 Å². The molecule has 0 radical (unpaired) electrons. The first kappa shape index (κ1) is 42.8. The molecule has 49 heavy (non-hydrogen) atoms. The maximum absolute atomic E-state index is 13.3. The number of benzene rings is 1. The minimum atomic E-state index is -1.82. The molecule has 14 heteroatoms. The van der Waals surface area contributed by atoms with Crippen molar-refractivity contribution in [3.63, 3.8) is 0 Å². The van der Waals surface area contributed by atoms with Crippen LogP contribution in [-0.2, 0) is 35.3 Å². The number of primary amides is 1. The van der Waals surface area contributed by atoms with E-state index in [1.807, 2.05) is 58.0 Å². The van der Waals surface area contributed by atoms with Gasteiger partial charge in [0, 0.05) is 12.5 Å². The Labute approximate surface area is 290 Å². The van der Waals surface area contributed by atoms with Gasteiger partial charge in [-0.25, -0.2) is 4.79 Å². The van der Waals surface area contributed by atoms with Crippen LogP contribution in [0.1, 0.15) is 87.6 Å². The third kappa shape index (κ3) is 15.7. The SMILES string of the molecule is CC(C)C[C@H](NC(=O)C(NC(=O)[C@@H](NC(=O)OC(C)(C)C)C(C)C)C(N)=O)C(O)CC(C)C(=O)N[C@H](C(=O)NCc1ccccc1)C(C)C. The highest BCUT2D eigenvalue weighted by Crippen LogP contribution is 2.17. The largest absolute Gasteiger partial charge is 0.444 e. The minimum absolute atomic E-state index is 0.0207. The van der Waals surface area contributed by atoms with Crippen LogP contribution in [0.2, 0.25) is 0 Å². The van der Waals surface area contributed by atoms with E-state index in [2.05, 4.69) is 26.6 Å². The highest BCUT2D eigenvalue weighted by Gasteiger charge is 2.35. The Bertz CT molecular complexity index is 1260. The van der Waals surface area contributed by atoms with Gasteiger partial charge in [-0.05, 0) is 56.9 Å². The van der Waals surface area contributed by atoms with Gasteiger partial charge in [0.15, 0.2) is 6.04 Å². The van der Waals surface area contributed by atoms with Crippen molar-refractivity contribution in [1.29, 1.82) is 0 Å². The maximum Gasteiger partial charge on any atom is 0.408 e. The van der Waals surface area contributed by atoms with Crippen molar-refractivity contribution >= 4 is 35.6 Å². The topological polar surface area (TPSA) is 218 Å². The second-order valence-electron chi connectivity index (χ2n) is 14.6. The number of rotatable bonds is 18. The van der Waals surface area contributed by atoms with Crippen molar-refractivity contribution < 1.29 is 38.6 Å². The first-order chi connectivity index (χ1) is 22.6. The fraction of sp³-hybridized carbons (Fsp3) is 0.657. The van der Waals surface area contributed by atoms with Crippen molar-refractivity contribution in [3.8, 4) is 0 Å². The summed E-state index contributed by atoms with van der Waals surface area (Å²) in [7, 11) is 0. The monoisotopic (exact) mass is 690 g/mol. The van der Waals surface area contributed by atoms with Gasteiger partial charge < -0.3 is 42.2 Å². The molecule has 0 saturated carbocycles. The molecule has 0 aliphatic heterocycles. The highest BCUT2D eigenvalue weighted by molar-refractivity contribution is 6.07. The van der Waals surface area contributed by atoms with E-state index in [0.717, 1.165) is 5.56 Å². The number of aliphatic hydroxyl groups excluding tert-OH is 1. The Hall–Kier alpha value is -4.20. The zero-order valence-corrected chi connectivity index (χ0v) is 30.6. The van der Waals surface area contributed by atoms with E-state index >= 15 is 0 Å². The van der Waals surface area contributed by atoms with Crippen molar-refractivity contribution in [1.82, 2.24) is 26.6 Å². The van der Waals surface area contributed by atoms with Gasteiger partial charge in [-0.1, -0.05) is 78.8 Å². The van der Waals surface area contributed by atoms with Gasteiger partial charge in [0.2, 0.25) is 23.6 Å². The number of amides is 6. The Morgan fingerprint density at radius 3 is 1.78 bits per heavy atom. The number of aliphatic hydroxyl groups is 1. The molecular formula is C35H58N6O8. The fourth-order valence-corrected chi connectivity index (χ4v) is 4.91. The number of nitrogens with one attached hydrogen (secondary N) is 5. The van der Waals surface area contributed by atoms with Crippen LogP contribution in [0.4, 0.5) is 4.79 Å². The van der Waals surface area contributed by atoms with Gasteiger partial charge >= 0.3 is 6.09 Å². The Balaban J connectivity index is 2.98. The summed E-state index contributed by atoms with van der Waals surface area (Å²) < 4.78 is 5.23. The average Bonchev–Trinajstić information content (AvgIpc) is 2.98. The molecule has 6 atom stereocenters. The Morgan fingerprint density at radius 1 is 0.735 bits per heavy atom. The summed E-state index contributed by atoms with van der Waals surface area (Å²) in [6.07, 6.45) is -1.90. The van der Waals surface area contributed by atoms with Crippen LogP contribution in [0.15, 0.2) is 30.3 Å². The van der Waals surface area contributed by atoms with Crippen LogP contribution in [0.25, 0.3) is 0 Å². The van der Waals surface area contributed by atoms with E-state index in [4.69, 9.17) is 10.5 Å². The summed E-state index contributed by atoms with van der Waals surface area (Å²) in [5, 5.41) is 24.2. The van der Waals surface area contributed by atoms with Gasteiger partial charge in [-0.15, -0.1) is 0 Å². The lowest BCUT2D eigenvalue weighted by atomic mass is 9.91. The summed E-state index contributed by atoms with van der Waals surface area (Å²) in [5.41, 5.74) is 5.58. The van der Waals surface area contributed by atoms with Gasteiger partial charge in [0.1, 0.15) is 17.7 Å². The van der Waals surface area contributed by atoms with Crippen LogP contribution in [0.5, 0.6) is 0 Å². The molecule has 0 aliphatic rings. The highest BCUT2D eigenvalue weighted by atomic mass is 16.6. The summed E-state index contributed by atoms with van der Waals surface area (Å²) in [4.78, 5) is 77.3. The molecule has 0 fully saturated rings. The zero-order valence-electron chi connectivity index (χ0n) is 30.6. The van der Waals surface area contributed by atoms with Crippen LogP contribution in [0.3, 0.4) is 0 Å². The van der Waals surface area contributed by atoms with Crippen molar-refractivity contribution in [3.05, 3.63) is 35.9 Å². The molecule has 0 spiro atoms. The molecule has 0 aromatic heterocycles. The molecule has 0 saturated heterocycles. The second kappa shape index (κ2) is 19.7. The number of nitrogens with two attached hydrogens (primary N) is 1. The van der Waals surface area contributed by atoms with Crippen molar-refractivity contribution in [2.75, 3.05) is 0 Å². The minimum Gasteiger partial charge on any atom is -0.444 e. The molecule has 3 unspecified atom stereocenters. The van der Waals surface area contributed by atoms with Crippen LogP contribution >= 0.6 is 0 Å². The maximum atomic E-state index is 13.3. The molecule has 8 N–H and O–H groups in total. The predicted octanol–water partition coefficient (Wildman–Crippen LogP) is 1.88. The molecule has 0 aliphatic carbocycles.